The van der Waals surface area contributed by atoms with Crippen molar-refractivity contribution in [2.24, 2.45) is 0 Å². The van der Waals surface area contributed by atoms with Gasteiger partial charge in [0.15, 0.2) is 0 Å². The standard InChI is InChI=1S/C3H6ClNO2/c1-5(2-4)3(6)7/h2H2,1H3,(H,6,7). The first-order chi connectivity index (χ1) is 3.18. The molecule has 0 rings (SSSR count). The van der Waals surface area contributed by atoms with Gasteiger partial charge in [-0.25, -0.2) is 4.79 Å². The Morgan fingerprint density at radius 3 is 2.43 bits per heavy atom. The van der Waals surface area contributed by atoms with Gasteiger partial charge in [0.2, 0.25) is 0 Å². The van der Waals surface area contributed by atoms with Crippen molar-refractivity contribution < 1.29 is 9.90 Å². The SMILES string of the molecule is CN(CCl)C(=O)O. The summed E-state index contributed by atoms with van der Waals surface area (Å²) in [6.07, 6.45) is -1.00. The molecule has 0 aliphatic heterocycles. The molecule has 0 spiro atoms. The molecule has 0 saturated carbocycles. The molecule has 4 heteroatoms. The van der Waals surface area contributed by atoms with Gasteiger partial charge in [-0.1, -0.05) is 0 Å². The largest absolute Gasteiger partial charge is 0.465 e. The minimum absolute atomic E-state index is 0.0231. The van der Waals surface area contributed by atoms with Gasteiger partial charge in [-0.05, 0) is 0 Å². The van der Waals surface area contributed by atoms with Crippen LogP contribution in [0.5, 0.6) is 0 Å². The molecular formula is C3H6ClNO2. The Labute approximate surface area is 46.5 Å². The summed E-state index contributed by atoms with van der Waals surface area (Å²) in [6, 6.07) is 0.0231. The highest BCUT2D eigenvalue weighted by atomic mass is 35.5. The third kappa shape index (κ3) is 2.28. The number of carboxylic acid groups (broad SMARTS) is 1. The van der Waals surface area contributed by atoms with E-state index in [-0.39, 0.29) is 6.00 Å². The number of alkyl halides is 1. The number of amides is 1. The second-order valence-electron chi connectivity index (χ2n) is 1.10. The number of nitrogens with zero attached hydrogens (tertiary/aromatic N) is 1. The summed E-state index contributed by atoms with van der Waals surface area (Å²) >= 11 is 5.09. The zero-order chi connectivity index (χ0) is 5.86. The van der Waals surface area contributed by atoms with Gasteiger partial charge in [0.1, 0.15) is 0 Å². The van der Waals surface area contributed by atoms with Gasteiger partial charge in [0.05, 0.1) is 6.00 Å². The Morgan fingerprint density at radius 1 is 2.00 bits per heavy atom. The normalized spacial score (nSPS) is 8.29. The summed E-state index contributed by atoms with van der Waals surface area (Å²) in [6.45, 7) is 0. The molecule has 0 fully saturated rings. The molecule has 1 amide bonds. The highest BCUT2D eigenvalue weighted by Gasteiger charge is 1.99. The molecule has 0 atom stereocenters. The molecule has 0 aliphatic carbocycles. The van der Waals surface area contributed by atoms with E-state index in [4.69, 9.17) is 16.7 Å². The number of carbonyl (C=O) groups is 1. The zero-order valence-electron chi connectivity index (χ0n) is 3.89. The summed E-state index contributed by atoms with van der Waals surface area (Å²) in [4.78, 5) is 10.7. The maximum Gasteiger partial charge on any atom is 0.408 e. The lowest BCUT2D eigenvalue weighted by Crippen LogP contribution is -2.22. The molecule has 3 nitrogen and oxygen atoms in total. The third-order valence-corrected chi connectivity index (χ3v) is 0.864. The molecule has 0 aromatic heterocycles. The first-order valence-corrected chi connectivity index (χ1v) is 2.22. The summed E-state index contributed by atoms with van der Waals surface area (Å²) in [7, 11) is 1.40. The number of hydrogen-bond donors (Lipinski definition) is 1. The Kier molecular flexibility index (Phi) is 2.52. The van der Waals surface area contributed by atoms with Gasteiger partial charge in [-0.15, -0.1) is 11.6 Å². The lowest BCUT2D eigenvalue weighted by atomic mass is 10.9. The molecule has 0 radical (unpaired) electrons. The summed E-state index contributed by atoms with van der Waals surface area (Å²) < 4.78 is 0. The maximum absolute atomic E-state index is 9.77. The van der Waals surface area contributed by atoms with Crippen LogP contribution >= 0.6 is 11.6 Å². The van der Waals surface area contributed by atoms with Crippen LogP contribution < -0.4 is 0 Å². The number of rotatable bonds is 1. The molecule has 0 aromatic rings. The Morgan fingerprint density at radius 2 is 2.43 bits per heavy atom. The van der Waals surface area contributed by atoms with Gasteiger partial charge < -0.3 is 5.11 Å². The molecule has 42 valence electrons. The van der Waals surface area contributed by atoms with Crippen LogP contribution in [0.1, 0.15) is 0 Å². The third-order valence-electron chi connectivity index (χ3n) is 0.506. The fraction of sp³-hybridized carbons (Fsp3) is 0.667. The van der Waals surface area contributed by atoms with Crippen molar-refractivity contribution in [3.63, 3.8) is 0 Å². The monoisotopic (exact) mass is 123 g/mol. The van der Waals surface area contributed by atoms with Crippen LogP contribution in [0.2, 0.25) is 0 Å². The van der Waals surface area contributed by atoms with Gasteiger partial charge in [-0.3, -0.25) is 4.90 Å². The van der Waals surface area contributed by atoms with Crippen molar-refractivity contribution in [2.75, 3.05) is 13.1 Å². The Hall–Kier alpha value is -0.440. The quantitative estimate of drug-likeness (QED) is 0.414. The van der Waals surface area contributed by atoms with E-state index in [2.05, 4.69) is 0 Å². The minimum Gasteiger partial charge on any atom is -0.465 e. The summed E-state index contributed by atoms with van der Waals surface area (Å²) in [5, 5.41) is 8.02. The maximum atomic E-state index is 9.77. The van der Waals surface area contributed by atoms with Crippen LogP contribution in [0, 0.1) is 0 Å². The van der Waals surface area contributed by atoms with E-state index in [0.717, 1.165) is 4.90 Å². The minimum atomic E-state index is -1.00. The van der Waals surface area contributed by atoms with Crippen molar-refractivity contribution in [3.8, 4) is 0 Å². The lowest BCUT2D eigenvalue weighted by Gasteiger charge is -2.04. The highest BCUT2D eigenvalue weighted by molar-refractivity contribution is 6.18. The van der Waals surface area contributed by atoms with Crippen LogP contribution in [0.4, 0.5) is 4.79 Å². The summed E-state index contributed by atoms with van der Waals surface area (Å²) in [5.74, 6) is 0. The summed E-state index contributed by atoms with van der Waals surface area (Å²) in [5.41, 5.74) is 0. The first kappa shape index (κ1) is 6.56. The van der Waals surface area contributed by atoms with E-state index >= 15 is 0 Å². The lowest BCUT2D eigenvalue weighted by molar-refractivity contribution is 0.162. The zero-order valence-corrected chi connectivity index (χ0v) is 4.64. The van der Waals surface area contributed by atoms with E-state index in [0.29, 0.717) is 0 Å². The van der Waals surface area contributed by atoms with Crippen LogP contribution in [0.3, 0.4) is 0 Å². The molecule has 1 N–H and O–H groups in total. The number of hydrogen-bond acceptors (Lipinski definition) is 1. The van der Waals surface area contributed by atoms with Crippen LogP contribution in [-0.4, -0.2) is 29.2 Å². The Bertz CT molecular complexity index is 75.3. The van der Waals surface area contributed by atoms with Crippen LogP contribution in [-0.2, 0) is 0 Å². The second kappa shape index (κ2) is 2.69. The van der Waals surface area contributed by atoms with Gasteiger partial charge in [0.25, 0.3) is 0 Å². The average Bonchev–Trinajstić information content (AvgIpc) is 1.65. The highest BCUT2D eigenvalue weighted by Crippen LogP contribution is 1.83. The Balaban J connectivity index is 3.34. The molecule has 0 saturated heterocycles. The molecule has 0 bridgehead atoms. The molecule has 7 heavy (non-hydrogen) atoms. The van der Waals surface area contributed by atoms with Crippen molar-refractivity contribution in [3.05, 3.63) is 0 Å². The predicted molar refractivity (Wildman–Crippen MR) is 26.5 cm³/mol. The van der Waals surface area contributed by atoms with E-state index in [9.17, 15) is 4.79 Å². The average molecular weight is 124 g/mol. The van der Waals surface area contributed by atoms with Crippen molar-refractivity contribution in [1.29, 1.82) is 0 Å². The molecule has 0 heterocycles. The van der Waals surface area contributed by atoms with E-state index in [1.807, 2.05) is 0 Å². The van der Waals surface area contributed by atoms with E-state index < -0.39 is 6.09 Å². The van der Waals surface area contributed by atoms with Crippen LogP contribution in [0.25, 0.3) is 0 Å². The fourth-order valence-electron chi connectivity index (χ4n) is 0.0511. The predicted octanol–water partition coefficient (Wildman–Crippen LogP) is 0.792. The van der Waals surface area contributed by atoms with Gasteiger partial charge in [-0.2, -0.15) is 0 Å². The first-order valence-electron chi connectivity index (χ1n) is 1.68. The smallest absolute Gasteiger partial charge is 0.408 e. The van der Waals surface area contributed by atoms with E-state index in [1.165, 1.54) is 7.05 Å². The van der Waals surface area contributed by atoms with Crippen LogP contribution in [0.15, 0.2) is 0 Å². The van der Waals surface area contributed by atoms with Crippen molar-refractivity contribution in [2.45, 2.75) is 0 Å². The van der Waals surface area contributed by atoms with E-state index in [1.54, 1.807) is 0 Å². The molecule has 0 unspecified atom stereocenters. The topological polar surface area (TPSA) is 40.5 Å². The second-order valence-corrected chi connectivity index (χ2v) is 1.34. The molecule has 0 aliphatic rings. The van der Waals surface area contributed by atoms with Gasteiger partial charge >= 0.3 is 6.09 Å². The van der Waals surface area contributed by atoms with Gasteiger partial charge in [0, 0.05) is 7.05 Å². The van der Waals surface area contributed by atoms with Crippen molar-refractivity contribution in [1.82, 2.24) is 4.90 Å². The molecule has 0 aromatic carbocycles. The fourth-order valence-corrected chi connectivity index (χ4v) is 0.153. The van der Waals surface area contributed by atoms with Crippen molar-refractivity contribution >= 4 is 17.7 Å². The molecular weight excluding hydrogens is 117 g/mol. The number of halogens is 1.